The molecule has 0 aromatic carbocycles. The summed E-state index contributed by atoms with van der Waals surface area (Å²) >= 11 is 0. The predicted molar refractivity (Wildman–Crippen MR) is 78.5 cm³/mol. The maximum Gasteiger partial charge on any atom is 0.329 e. The molecule has 0 fully saturated rings. The Labute approximate surface area is 128 Å². The summed E-state index contributed by atoms with van der Waals surface area (Å²) in [6.45, 7) is 3.58. The lowest BCUT2D eigenvalue weighted by Gasteiger charge is -2.34. The van der Waals surface area contributed by atoms with Crippen LogP contribution in [0.3, 0.4) is 0 Å². The second kappa shape index (κ2) is 6.61. The average molecular weight is 309 g/mol. The molecule has 8 nitrogen and oxygen atoms in total. The number of rotatable bonds is 5. The normalized spacial score (nSPS) is 18.4. The van der Waals surface area contributed by atoms with Gasteiger partial charge in [-0.15, -0.1) is 0 Å². The molecule has 120 valence electrons. The molecule has 0 saturated heterocycles. The van der Waals surface area contributed by atoms with E-state index in [2.05, 4.69) is 4.98 Å². The molecule has 1 aliphatic rings. The third-order valence-corrected chi connectivity index (χ3v) is 3.24. The highest BCUT2D eigenvalue weighted by molar-refractivity contribution is 6.03. The highest BCUT2D eigenvalue weighted by Gasteiger charge is 2.39. The first-order chi connectivity index (χ1) is 10.5. The van der Waals surface area contributed by atoms with E-state index in [4.69, 9.17) is 19.9 Å². The predicted octanol–water partition coefficient (Wildman–Crippen LogP) is 0.356. The summed E-state index contributed by atoms with van der Waals surface area (Å²) in [6, 6.07) is 2.35. The van der Waals surface area contributed by atoms with Crippen LogP contribution in [0.1, 0.15) is 13.8 Å². The average Bonchev–Trinajstić information content (AvgIpc) is 2.49. The zero-order valence-corrected chi connectivity index (χ0v) is 12.7. The van der Waals surface area contributed by atoms with Crippen LogP contribution in [0.25, 0.3) is 0 Å². The fraction of sp³-hybridized carbons (Fsp3) is 0.500. The molecule has 0 radical (unpaired) electrons. The number of carbonyl (C=O) groups excluding carboxylic acids is 2. The molecule has 2 rings (SSSR count). The molecular weight excluding hydrogens is 290 g/mol. The van der Waals surface area contributed by atoms with Crippen molar-refractivity contribution in [3.05, 3.63) is 12.1 Å². The zero-order chi connectivity index (χ0) is 16.3. The molecular formula is C14H19N3O5. The van der Waals surface area contributed by atoms with Crippen LogP contribution >= 0.6 is 0 Å². The van der Waals surface area contributed by atoms with Crippen molar-refractivity contribution in [2.75, 3.05) is 31.0 Å². The highest BCUT2D eigenvalue weighted by Crippen LogP contribution is 2.34. The number of nitrogens with zero attached hydrogens (tertiary/aromatic N) is 2. The number of ether oxygens (including phenoxy) is 3. The lowest BCUT2D eigenvalue weighted by atomic mass is 10.2. The minimum Gasteiger partial charge on any atom is -0.477 e. The second-order valence-corrected chi connectivity index (χ2v) is 4.86. The van der Waals surface area contributed by atoms with Crippen molar-refractivity contribution in [2.45, 2.75) is 26.0 Å². The van der Waals surface area contributed by atoms with Crippen LogP contribution in [0, 0.1) is 0 Å². The van der Waals surface area contributed by atoms with E-state index in [1.54, 1.807) is 26.0 Å². The fourth-order valence-electron chi connectivity index (χ4n) is 2.08. The van der Waals surface area contributed by atoms with E-state index in [-0.39, 0.29) is 30.8 Å². The molecule has 0 aliphatic carbocycles. The molecule has 1 aromatic rings. The van der Waals surface area contributed by atoms with Crippen molar-refractivity contribution in [3.8, 4) is 5.75 Å². The van der Waals surface area contributed by atoms with E-state index in [1.807, 2.05) is 0 Å². The van der Waals surface area contributed by atoms with Gasteiger partial charge in [-0.25, -0.2) is 9.78 Å². The number of aromatic nitrogens is 1. The van der Waals surface area contributed by atoms with Crippen molar-refractivity contribution in [3.63, 3.8) is 0 Å². The topological polar surface area (TPSA) is 104 Å². The maximum atomic E-state index is 12.4. The molecule has 22 heavy (non-hydrogen) atoms. The maximum absolute atomic E-state index is 12.4. The van der Waals surface area contributed by atoms with Crippen molar-refractivity contribution in [1.82, 2.24) is 4.98 Å². The summed E-state index contributed by atoms with van der Waals surface area (Å²) in [6.07, 6.45) is -0.716. The van der Waals surface area contributed by atoms with E-state index in [1.165, 1.54) is 12.0 Å². The number of methoxy groups -OCH3 is 1. The standard InChI is InChI=1S/C14H19N3O5/c1-8(14(19)21-7-6-20-3)17-12-10(4-5-11(15)16-12)22-9(2)13(17)18/h4-5,8-9H,6-7H2,1-3H3,(H2,15,16). The molecule has 2 unspecified atom stereocenters. The summed E-state index contributed by atoms with van der Waals surface area (Å²) in [5.41, 5.74) is 5.66. The number of anilines is 2. The molecule has 0 bridgehead atoms. The molecule has 0 saturated carbocycles. The molecule has 2 N–H and O–H groups in total. The Morgan fingerprint density at radius 1 is 1.50 bits per heavy atom. The van der Waals surface area contributed by atoms with Gasteiger partial charge in [0.2, 0.25) is 0 Å². The monoisotopic (exact) mass is 309 g/mol. The van der Waals surface area contributed by atoms with Gasteiger partial charge < -0.3 is 19.9 Å². The van der Waals surface area contributed by atoms with Crippen LogP contribution in [-0.4, -0.2) is 49.3 Å². The Morgan fingerprint density at radius 3 is 2.91 bits per heavy atom. The quantitative estimate of drug-likeness (QED) is 0.618. The minimum atomic E-state index is -0.844. The lowest BCUT2D eigenvalue weighted by Crippen LogP contribution is -2.52. The molecule has 1 aliphatic heterocycles. The van der Waals surface area contributed by atoms with E-state index in [9.17, 15) is 9.59 Å². The van der Waals surface area contributed by atoms with Gasteiger partial charge in [0, 0.05) is 7.11 Å². The number of carbonyl (C=O) groups is 2. The highest BCUT2D eigenvalue weighted by atomic mass is 16.6. The Balaban J connectivity index is 2.26. The Hall–Kier alpha value is -2.35. The third kappa shape index (κ3) is 3.11. The van der Waals surface area contributed by atoms with Gasteiger partial charge in [-0.3, -0.25) is 9.69 Å². The Bertz CT molecular complexity index is 578. The molecule has 8 heteroatoms. The lowest BCUT2D eigenvalue weighted by molar-refractivity contribution is -0.147. The number of esters is 1. The van der Waals surface area contributed by atoms with Crippen LogP contribution in [0.4, 0.5) is 11.6 Å². The van der Waals surface area contributed by atoms with Crippen LogP contribution in [0.5, 0.6) is 5.75 Å². The number of nitrogens with two attached hydrogens (primary N) is 1. The Morgan fingerprint density at radius 2 is 2.23 bits per heavy atom. The van der Waals surface area contributed by atoms with E-state index < -0.39 is 18.1 Å². The molecule has 2 heterocycles. The van der Waals surface area contributed by atoms with Gasteiger partial charge in [0.1, 0.15) is 18.5 Å². The zero-order valence-electron chi connectivity index (χ0n) is 12.7. The van der Waals surface area contributed by atoms with Crippen molar-refractivity contribution in [1.29, 1.82) is 0 Å². The smallest absolute Gasteiger partial charge is 0.329 e. The fourth-order valence-corrected chi connectivity index (χ4v) is 2.08. The van der Waals surface area contributed by atoms with E-state index >= 15 is 0 Å². The van der Waals surface area contributed by atoms with Gasteiger partial charge in [0.25, 0.3) is 5.91 Å². The summed E-state index contributed by atoms with van der Waals surface area (Å²) in [7, 11) is 1.51. The van der Waals surface area contributed by atoms with Gasteiger partial charge in [0.05, 0.1) is 6.61 Å². The number of nitrogen functional groups attached to an aromatic ring is 1. The summed E-state index contributed by atoms with van der Waals surface area (Å²) in [4.78, 5) is 29.8. The minimum absolute atomic E-state index is 0.116. The summed E-state index contributed by atoms with van der Waals surface area (Å²) in [5, 5.41) is 0. The van der Waals surface area contributed by atoms with Gasteiger partial charge in [-0.05, 0) is 26.0 Å². The third-order valence-electron chi connectivity index (χ3n) is 3.24. The SMILES string of the molecule is COCCOC(=O)C(C)N1C(=O)C(C)Oc2ccc(N)nc21. The van der Waals surface area contributed by atoms with Gasteiger partial charge >= 0.3 is 5.97 Å². The molecule has 0 spiro atoms. The number of pyridine rings is 1. The van der Waals surface area contributed by atoms with E-state index in [0.717, 1.165) is 0 Å². The van der Waals surface area contributed by atoms with Crippen LogP contribution in [-0.2, 0) is 19.1 Å². The van der Waals surface area contributed by atoms with Crippen LogP contribution < -0.4 is 15.4 Å². The van der Waals surface area contributed by atoms with Crippen molar-refractivity contribution < 1.29 is 23.8 Å². The largest absolute Gasteiger partial charge is 0.477 e. The van der Waals surface area contributed by atoms with Crippen molar-refractivity contribution in [2.24, 2.45) is 0 Å². The summed E-state index contributed by atoms with van der Waals surface area (Å²) < 4.78 is 15.4. The first-order valence-electron chi connectivity index (χ1n) is 6.87. The van der Waals surface area contributed by atoms with E-state index in [0.29, 0.717) is 5.75 Å². The molecule has 1 amide bonds. The van der Waals surface area contributed by atoms with Crippen LogP contribution in [0.2, 0.25) is 0 Å². The first kappa shape index (κ1) is 16.0. The molecule has 1 aromatic heterocycles. The van der Waals surface area contributed by atoms with Gasteiger partial charge in [0.15, 0.2) is 17.7 Å². The number of fused-ring (bicyclic) bond motifs is 1. The number of hydrogen-bond acceptors (Lipinski definition) is 7. The molecule has 2 atom stereocenters. The van der Waals surface area contributed by atoms with Crippen molar-refractivity contribution >= 4 is 23.5 Å². The van der Waals surface area contributed by atoms with Crippen LogP contribution in [0.15, 0.2) is 12.1 Å². The van der Waals surface area contributed by atoms with Gasteiger partial charge in [-0.2, -0.15) is 0 Å². The Kier molecular flexibility index (Phi) is 4.81. The summed E-state index contributed by atoms with van der Waals surface area (Å²) in [5.74, 6) is -0.0664. The first-order valence-corrected chi connectivity index (χ1v) is 6.87. The van der Waals surface area contributed by atoms with Gasteiger partial charge in [-0.1, -0.05) is 0 Å². The second-order valence-electron chi connectivity index (χ2n) is 4.86. The number of hydrogen-bond donors (Lipinski definition) is 1. The number of amides is 1.